The van der Waals surface area contributed by atoms with Gasteiger partial charge in [0.05, 0.1) is 4.92 Å². The monoisotopic (exact) mass is 279 g/mol. The van der Waals surface area contributed by atoms with Gasteiger partial charge in [0.25, 0.3) is 0 Å². The van der Waals surface area contributed by atoms with Gasteiger partial charge in [-0.1, -0.05) is 0 Å². The lowest BCUT2D eigenvalue weighted by atomic mass is 10.3. The Balaban J connectivity index is 1.72. The summed E-state index contributed by atoms with van der Waals surface area (Å²) in [4.78, 5) is 25.3. The van der Waals surface area contributed by atoms with Gasteiger partial charge in [0.1, 0.15) is 5.82 Å². The maximum Gasteiger partial charge on any atom is 0.311 e. The molecule has 0 unspecified atom stereocenters. The molecule has 1 heterocycles. The van der Waals surface area contributed by atoms with Gasteiger partial charge in [0.2, 0.25) is 11.7 Å². The summed E-state index contributed by atoms with van der Waals surface area (Å²) in [6.45, 7) is 0.558. The van der Waals surface area contributed by atoms with Gasteiger partial charge >= 0.3 is 5.69 Å². The van der Waals surface area contributed by atoms with Crippen LogP contribution in [0.4, 0.5) is 17.3 Å². The standard InChI is InChI=1S/C12H17N5O3/c13-12-9(17(19)20)5-6-10(16-12)14-7-1-2-11(18)15-8-3-4-8/h5-6,8H,1-4,7H2,(H,15,18)(H3,13,14,16). The van der Waals surface area contributed by atoms with E-state index in [1.54, 1.807) is 0 Å². The first-order valence-electron chi connectivity index (χ1n) is 6.50. The van der Waals surface area contributed by atoms with Crippen LogP contribution in [0.2, 0.25) is 0 Å². The quantitative estimate of drug-likeness (QED) is 0.389. The summed E-state index contributed by atoms with van der Waals surface area (Å²) in [6.07, 6.45) is 3.27. The van der Waals surface area contributed by atoms with Crippen LogP contribution in [0.5, 0.6) is 0 Å². The fourth-order valence-electron chi connectivity index (χ4n) is 1.71. The molecule has 2 rings (SSSR count). The van der Waals surface area contributed by atoms with Gasteiger partial charge in [-0.15, -0.1) is 0 Å². The van der Waals surface area contributed by atoms with Gasteiger partial charge in [-0.3, -0.25) is 14.9 Å². The number of nitrogen functional groups attached to an aromatic ring is 1. The van der Waals surface area contributed by atoms with Crippen molar-refractivity contribution in [2.75, 3.05) is 17.6 Å². The van der Waals surface area contributed by atoms with E-state index in [0.29, 0.717) is 31.2 Å². The van der Waals surface area contributed by atoms with Crippen LogP contribution < -0.4 is 16.4 Å². The first kappa shape index (κ1) is 14.0. The molecule has 8 nitrogen and oxygen atoms in total. The minimum atomic E-state index is -0.575. The van der Waals surface area contributed by atoms with E-state index < -0.39 is 4.92 Å². The largest absolute Gasteiger partial charge is 0.378 e. The number of anilines is 2. The molecule has 0 aliphatic heterocycles. The van der Waals surface area contributed by atoms with Crippen LogP contribution >= 0.6 is 0 Å². The van der Waals surface area contributed by atoms with Gasteiger partial charge in [0.15, 0.2) is 0 Å². The van der Waals surface area contributed by atoms with Crippen LogP contribution in [0.25, 0.3) is 0 Å². The number of nitrogens with one attached hydrogen (secondary N) is 2. The van der Waals surface area contributed by atoms with Gasteiger partial charge in [0, 0.05) is 25.1 Å². The zero-order valence-corrected chi connectivity index (χ0v) is 11.0. The fraction of sp³-hybridized carbons (Fsp3) is 0.500. The highest BCUT2D eigenvalue weighted by Gasteiger charge is 2.22. The second-order valence-corrected chi connectivity index (χ2v) is 4.73. The van der Waals surface area contributed by atoms with E-state index in [4.69, 9.17) is 5.73 Å². The molecule has 1 aliphatic carbocycles. The number of aromatic nitrogens is 1. The van der Waals surface area contributed by atoms with Crippen LogP contribution in [0, 0.1) is 10.1 Å². The van der Waals surface area contributed by atoms with Crippen molar-refractivity contribution in [2.24, 2.45) is 0 Å². The molecule has 1 amide bonds. The Morgan fingerprint density at radius 2 is 2.25 bits per heavy atom. The maximum atomic E-state index is 11.4. The average molecular weight is 279 g/mol. The van der Waals surface area contributed by atoms with Crippen molar-refractivity contribution >= 4 is 23.2 Å². The molecule has 1 fully saturated rings. The van der Waals surface area contributed by atoms with Crippen LogP contribution in [0.3, 0.4) is 0 Å². The van der Waals surface area contributed by atoms with Crippen LogP contribution in [0.1, 0.15) is 25.7 Å². The Kier molecular flexibility index (Phi) is 4.34. The number of hydrogen-bond acceptors (Lipinski definition) is 6. The molecule has 0 spiro atoms. The van der Waals surface area contributed by atoms with Crippen molar-refractivity contribution < 1.29 is 9.72 Å². The van der Waals surface area contributed by atoms with Crippen molar-refractivity contribution in [3.05, 3.63) is 22.2 Å². The van der Waals surface area contributed by atoms with Crippen molar-refractivity contribution in [2.45, 2.75) is 31.7 Å². The zero-order valence-electron chi connectivity index (χ0n) is 11.0. The summed E-state index contributed by atoms with van der Waals surface area (Å²) in [6, 6.07) is 3.19. The number of hydrogen-bond donors (Lipinski definition) is 3. The number of amides is 1. The number of carbonyl (C=O) groups is 1. The highest BCUT2D eigenvalue weighted by molar-refractivity contribution is 5.76. The SMILES string of the molecule is Nc1nc(NCCCC(=O)NC2CC2)ccc1[N+](=O)[O-]. The average Bonchev–Trinajstić information content (AvgIpc) is 3.18. The van der Waals surface area contributed by atoms with Gasteiger partial charge < -0.3 is 16.4 Å². The van der Waals surface area contributed by atoms with Gasteiger partial charge in [-0.05, 0) is 25.3 Å². The van der Waals surface area contributed by atoms with E-state index in [1.807, 2.05) is 0 Å². The number of rotatable bonds is 7. The smallest absolute Gasteiger partial charge is 0.311 e. The summed E-state index contributed by atoms with van der Waals surface area (Å²) < 4.78 is 0. The van der Waals surface area contributed by atoms with Crippen molar-refractivity contribution in [1.29, 1.82) is 0 Å². The van der Waals surface area contributed by atoms with Crippen molar-refractivity contribution in [3.8, 4) is 0 Å². The van der Waals surface area contributed by atoms with Gasteiger partial charge in [-0.2, -0.15) is 0 Å². The van der Waals surface area contributed by atoms with Crippen molar-refractivity contribution in [3.63, 3.8) is 0 Å². The molecular weight excluding hydrogens is 262 g/mol. The second kappa shape index (κ2) is 6.18. The molecule has 1 aliphatic rings. The zero-order chi connectivity index (χ0) is 14.5. The topological polar surface area (TPSA) is 123 Å². The third-order valence-electron chi connectivity index (χ3n) is 2.93. The normalized spacial score (nSPS) is 13.8. The number of nitrogens with two attached hydrogens (primary N) is 1. The lowest BCUT2D eigenvalue weighted by Crippen LogP contribution is -2.25. The molecular formula is C12H17N5O3. The highest BCUT2D eigenvalue weighted by atomic mass is 16.6. The molecule has 1 aromatic heterocycles. The first-order chi connectivity index (χ1) is 9.56. The molecule has 1 aromatic rings. The number of carbonyl (C=O) groups excluding carboxylic acids is 1. The number of nitrogens with zero attached hydrogens (tertiary/aromatic N) is 2. The molecule has 4 N–H and O–H groups in total. The molecule has 108 valence electrons. The van der Waals surface area contributed by atoms with Crippen molar-refractivity contribution in [1.82, 2.24) is 10.3 Å². The van der Waals surface area contributed by atoms with Gasteiger partial charge in [-0.25, -0.2) is 4.98 Å². The Morgan fingerprint density at radius 1 is 1.50 bits per heavy atom. The third-order valence-corrected chi connectivity index (χ3v) is 2.93. The molecule has 1 saturated carbocycles. The molecule has 20 heavy (non-hydrogen) atoms. The van der Waals surface area contributed by atoms with E-state index in [9.17, 15) is 14.9 Å². The number of pyridine rings is 1. The molecule has 0 radical (unpaired) electrons. The highest BCUT2D eigenvalue weighted by Crippen LogP contribution is 2.21. The molecule has 0 bridgehead atoms. The van der Waals surface area contributed by atoms with Crippen LogP contribution in [-0.4, -0.2) is 28.4 Å². The molecule has 8 heteroatoms. The lowest BCUT2D eigenvalue weighted by Gasteiger charge is -2.06. The molecule has 0 atom stereocenters. The second-order valence-electron chi connectivity index (χ2n) is 4.73. The first-order valence-corrected chi connectivity index (χ1v) is 6.50. The predicted octanol–water partition coefficient (Wildman–Crippen LogP) is 1.04. The van der Waals surface area contributed by atoms with E-state index >= 15 is 0 Å². The summed E-state index contributed by atoms with van der Waals surface area (Å²) in [5.74, 6) is 0.410. The Hall–Kier alpha value is -2.38. The Morgan fingerprint density at radius 3 is 2.85 bits per heavy atom. The minimum Gasteiger partial charge on any atom is -0.378 e. The predicted molar refractivity (Wildman–Crippen MR) is 74.2 cm³/mol. The molecule has 0 saturated heterocycles. The van der Waals surface area contributed by atoms with E-state index in [-0.39, 0.29) is 17.4 Å². The maximum absolute atomic E-state index is 11.4. The summed E-state index contributed by atoms with van der Waals surface area (Å²) >= 11 is 0. The minimum absolute atomic E-state index is 0.0606. The molecule has 0 aromatic carbocycles. The Bertz CT molecular complexity index is 516. The van der Waals surface area contributed by atoms with E-state index in [0.717, 1.165) is 12.8 Å². The van der Waals surface area contributed by atoms with E-state index in [1.165, 1.54) is 12.1 Å². The fourth-order valence-corrected chi connectivity index (χ4v) is 1.71. The number of nitro groups is 1. The summed E-state index contributed by atoms with van der Waals surface area (Å²) in [7, 11) is 0. The van der Waals surface area contributed by atoms with E-state index in [2.05, 4.69) is 15.6 Å². The summed E-state index contributed by atoms with van der Waals surface area (Å²) in [5, 5.41) is 16.5. The van der Waals surface area contributed by atoms with Crippen LogP contribution in [-0.2, 0) is 4.79 Å². The van der Waals surface area contributed by atoms with Crippen LogP contribution in [0.15, 0.2) is 12.1 Å². The summed E-state index contributed by atoms with van der Waals surface area (Å²) in [5.41, 5.74) is 5.27. The third kappa shape index (κ3) is 4.08. The Labute approximate surface area is 115 Å². The lowest BCUT2D eigenvalue weighted by molar-refractivity contribution is -0.384.